The van der Waals surface area contributed by atoms with Crippen molar-refractivity contribution in [2.24, 2.45) is 34.3 Å². The number of nitrogens with one attached hydrogen (secondary N) is 4. The van der Waals surface area contributed by atoms with E-state index < -0.39 is 30.0 Å². The second kappa shape index (κ2) is 19.9. The largest absolute Gasteiger partial charge is 0.445 e. The molecule has 1 aromatic rings. The Balaban J connectivity index is 1.89. The fraction of sp³-hybridized carbons (Fsp3) is 0.658. The van der Waals surface area contributed by atoms with E-state index in [1.807, 2.05) is 20.8 Å². The highest BCUT2D eigenvalue weighted by Gasteiger charge is 2.44. The summed E-state index contributed by atoms with van der Waals surface area (Å²) in [6, 6.07) is 4.94. The lowest BCUT2D eigenvalue weighted by molar-refractivity contribution is -0.140. The van der Waals surface area contributed by atoms with Crippen LogP contribution < -0.4 is 27.0 Å². The van der Waals surface area contributed by atoms with Crippen molar-refractivity contribution in [1.82, 2.24) is 20.9 Å². The van der Waals surface area contributed by atoms with Crippen LogP contribution in [0.25, 0.3) is 0 Å². The van der Waals surface area contributed by atoms with Crippen LogP contribution >= 0.6 is 0 Å². The SMILES string of the molecule is CC(C)[C@H](NC(=O)CCCCCN1C(=O)CC(C(C)(C)C)C1=O)C(=O)C[C@@H](CNC(N)=O)C(=O)Nc1ccc(COC(=O)NCCC(C)(C)C)cc1. The lowest BCUT2D eigenvalue weighted by Gasteiger charge is -2.25. The molecule has 1 unspecified atom stereocenters. The highest BCUT2D eigenvalue weighted by molar-refractivity contribution is 6.04. The maximum Gasteiger partial charge on any atom is 0.407 e. The van der Waals surface area contributed by atoms with Gasteiger partial charge in [-0.05, 0) is 53.7 Å². The zero-order valence-corrected chi connectivity index (χ0v) is 32.2. The first-order chi connectivity index (χ1) is 24.2. The zero-order chi connectivity index (χ0) is 39.2. The van der Waals surface area contributed by atoms with Gasteiger partial charge in [-0.3, -0.25) is 28.9 Å². The third-order valence-corrected chi connectivity index (χ3v) is 8.98. The molecule has 0 saturated carbocycles. The van der Waals surface area contributed by atoms with E-state index in [9.17, 15) is 33.6 Å². The molecule has 1 aliphatic heterocycles. The summed E-state index contributed by atoms with van der Waals surface area (Å²) in [5.41, 5.74) is 6.18. The van der Waals surface area contributed by atoms with Crippen molar-refractivity contribution < 1.29 is 38.3 Å². The minimum atomic E-state index is -0.980. The van der Waals surface area contributed by atoms with Gasteiger partial charge in [-0.2, -0.15) is 0 Å². The van der Waals surface area contributed by atoms with E-state index in [1.165, 1.54) is 4.90 Å². The number of rotatable bonds is 19. The maximum atomic E-state index is 13.4. The molecule has 6 N–H and O–H groups in total. The van der Waals surface area contributed by atoms with Crippen molar-refractivity contribution in [3.8, 4) is 0 Å². The number of benzene rings is 1. The van der Waals surface area contributed by atoms with Gasteiger partial charge in [-0.1, -0.05) is 73.9 Å². The lowest BCUT2D eigenvalue weighted by atomic mass is 9.80. The van der Waals surface area contributed by atoms with Gasteiger partial charge in [0.1, 0.15) is 6.61 Å². The first-order valence-corrected chi connectivity index (χ1v) is 18.2. The number of unbranched alkanes of at least 4 members (excludes halogenated alkanes) is 2. The van der Waals surface area contributed by atoms with Gasteiger partial charge >= 0.3 is 12.1 Å². The lowest BCUT2D eigenvalue weighted by Crippen LogP contribution is -2.47. The van der Waals surface area contributed by atoms with Crippen LogP contribution in [-0.2, 0) is 35.3 Å². The summed E-state index contributed by atoms with van der Waals surface area (Å²) in [6.45, 7) is 16.3. The Morgan fingerprint density at radius 1 is 0.942 bits per heavy atom. The molecule has 290 valence electrons. The van der Waals surface area contributed by atoms with E-state index in [0.717, 1.165) is 6.42 Å². The van der Waals surface area contributed by atoms with Crippen LogP contribution in [0.4, 0.5) is 15.3 Å². The number of alkyl carbamates (subject to hydrolysis) is 1. The smallest absolute Gasteiger partial charge is 0.407 e. The Bertz CT molecular complexity index is 1410. The van der Waals surface area contributed by atoms with E-state index in [-0.39, 0.29) is 78.6 Å². The van der Waals surface area contributed by atoms with Crippen LogP contribution in [0.1, 0.15) is 106 Å². The first kappa shape index (κ1) is 43.7. The quantitative estimate of drug-likeness (QED) is 0.0999. The van der Waals surface area contributed by atoms with Crippen molar-refractivity contribution in [2.75, 3.05) is 25.0 Å². The summed E-state index contributed by atoms with van der Waals surface area (Å²) in [5.74, 6) is -3.10. The second-order valence-electron chi connectivity index (χ2n) is 16.2. The van der Waals surface area contributed by atoms with Gasteiger partial charge in [0.2, 0.25) is 23.6 Å². The Labute approximate surface area is 308 Å². The van der Waals surface area contributed by atoms with E-state index in [2.05, 4.69) is 42.0 Å². The Morgan fingerprint density at radius 2 is 1.60 bits per heavy atom. The normalized spacial score (nSPS) is 15.9. The third kappa shape index (κ3) is 15.4. The van der Waals surface area contributed by atoms with Crippen molar-refractivity contribution in [3.05, 3.63) is 29.8 Å². The highest BCUT2D eigenvalue weighted by Crippen LogP contribution is 2.35. The molecule has 3 atom stereocenters. The Morgan fingerprint density at radius 3 is 2.15 bits per heavy atom. The monoisotopic (exact) mass is 728 g/mol. The van der Waals surface area contributed by atoms with Crippen molar-refractivity contribution >= 4 is 47.2 Å². The summed E-state index contributed by atoms with van der Waals surface area (Å²) in [5, 5.41) is 10.7. The standard InChI is InChI=1S/C38H60N6O8/c1-24(2)32(43-30(46)12-10-9-11-19-44-31(47)21-28(34(44)49)38(6,7)8)29(45)20-26(22-41-35(39)50)33(48)42-27-15-13-25(14-16-27)23-52-36(51)40-18-17-37(3,4)5/h13-16,24,26,28,32H,9-12,17-23H2,1-8H3,(H,40,51)(H,42,48)(H,43,46)(H3,39,41,50)/t26-,28?,32-/m0/s1. The summed E-state index contributed by atoms with van der Waals surface area (Å²) < 4.78 is 5.26. The molecular formula is C38H60N6O8. The van der Waals surface area contributed by atoms with Crippen molar-refractivity contribution in [2.45, 2.75) is 113 Å². The van der Waals surface area contributed by atoms with Crippen LogP contribution in [-0.4, -0.2) is 72.1 Å². The summed E-state index contributed by atoms with van der Waals surface area (Å²) in [4.78, 5) is 89.5. The van der Waals surface area contributed by atoms with Gasteiger partial charge in [0, 0.05) is 44.6 Å². The number of ether oxygens (including phenoxy) is 1. The molecule has 1 aliphatic rings. The molecule has 0 radical (unpaired) electrons. The average molecular weight is 729 g/mol. The number of imide groups is 1. The number of anilines is 1. The predicted octanol–water partition coefficient (Wildman–Crippen LogP) is 4.65. The number of urea groups is 1. The van der Waals surface area contributed by atoms with Crippen LogP contribution in [0.3, 0.4) is 0 Å². The summed E-state index contributed by atoms with van der Waals surface area (Å²) in [6.07, 6.45) is 2.09. The summed E-state index contributed by atoms with van der Waals surface area (Å²) in [7, 11) is 0. The van der Waals surface area contributed by atoms with Gasteiger partial charge in [0.15, 0.2) is 5.78 Å². The number of primary amides is 1. The minimum absolute atomic E-state index is 0.0379. The van der Waals surface area contributed by atoms with Crippen molar-refractivity contribution in [3.63, 3.8) is 0 Å². The molecule has 0 bridgehead atoms. The Kier molecular flexibility index (Phi) is 16.7. The molecule has 1 fully saturated rings. The van der Waals surface area contributed by atoms with Crippen LogP contribution in [0, 0.1) is 28.6 Å². The maximum absolute atomic E-state index is 13.4. The van der Waals surface area contributed by atoms with Gasteiger partial charge in [0.25, 0.3) is 0 Å². The summed E-state index contributed by atoms with van der Waals surface area (Å²) >= 11 is 0. The topological polar surface area (TPSA) is 206 Å². The molecule has 2 rings (SSSR count). The molecular weight excluding hydrogens is 668 g/mol. The molecule has 0 aliphatic carbocycles. The van der Waals surface area contributed by atoms with Gasteiger partial charge in [0.05, 0.1) is 17.9 Å². The van der Waals surface area contributed by atoms with Crippen LogP contribution in [0.2, 0.25) is 0 Å². The minimum Gasteiger partial charge on any atom is -0.445 e. The number of amides is 7. The number of nitrogens with two attached hydrogens (primary N) is 1. The Hall–Kier alpha value is -4.49. The number of hydrogen-bond donors (Lipinski definition) is 5. The molecule has 0 aromatic heterocycles. The molecule has 1 heterocycles. The van der Waals surface area contributed by atoms with E-state index in [1.54, 1.807) is 38.1 Å². The molecule has 14 heteroatoms. The number of hydrogen-bond acceptors (Lipinski definition) is 8. The number of carbonyl (C=O) groups is 7. The number of Topliss-reactive ketones (excluding diaryl/α,β-unsaturated/α-hetero) is 1. The van der Waals surface area contributed by atoms with Crippen LogP contribution in [0.15, 0.2) is 24.3 Å². The molecule has 52 heavy (non-hydrogen) atoms. The van der Waals surface area contributed by atoms with Gasteiger partial charge in [-0.25, -0.2) is 9.59 Å². The van der Waals surface area contributed by atoms with E-state index in [4.69, 9.17) is 10.5 Å². The average Bonchev–Trinajstić information content (AvgIpc) is 3.33. The number of likely N-dealkylation sites (tertiary alicyclic amines) is 1. The first-order valence-electron chi connectivity index (χ1n) is 18.2. The third-order valence-electron chi connectivity index (χ3n) is 8.98. The molecule has 14 nitrogen and oxygen atoms in total. The van der Waals surface area contributed by atoms with E-state index >= 15 is 0 Å². The zero-order valence-electron chi connectivity index (χ0n) is 32.2. The van der Waals surface area contributed by atoms with E-state index in [0.29, 0.717) is 43.6 Å². The molecule has 7 amide bonds. The van der Waals surface area contributed by atoms with Crippen LogP contribution in [0.5, 0.6) is 0 Å². The number of ketones is 1. The van der Waals surface area contributed by atoms with Gasteiger partial charge in [-0.15, -0.1) is 0 Å². The predicted molar refractivity (Wildman–Crippen MR) is 198 cm³/mol. The number of nitrogens with zero attached hydrogens (tertiary/aromatic N) is 1. The molecule has 0 spiro atoms. The molecule has 1 saturated heterocycles. The second-order valence-corrected chi connectivity index (χ2v) is 16.2. The van der Waals surface area contributed by atoms with Crippen molar-refractivity contribution in [1.29, 1.82) is 0 Å². The fourth-order valence-electron chi connectivity index (χ4n) is 5.71. The number of carbonyl (C=O) groups excluding carboxylic acids is 7. The fourth-order valence-corrected chi connectivity index (χ4v) is 5.71. The highest BCUT2D eigenvalue weighted by atomic mass is 16.5. The molecule has 1 aromatic carbocycles. The van der Waals surface area contributed by atoms with Gasteiger partial charge < -0.3 is 31.7 Å².